The first-order valence-electron chi connectivity index (χ1n) is 4.73. The first-order valence-corrected chi connectivity index (χ1v) is 4.73. The Kier molecular flexibility index (Phi) is 2.03. The molecule has 1 nitrogen and oxygen atoms in total. The summed E-state index contributed by atoms with van der Waals surface area (Å²) in [5, 5.41) is 0. The third kappa shape index (κ3) is 1.20. The number of benzene rings is 1. The summed E-state index contributed by atoms with van der Waals surface area (Å²) in [5.41, 5.74) is 1.38. The molecule has 0 amide bonds. The number of rotatable bonds is 2. The number of hydrogen-bond donors (Lipinski definition) is 0. The van der Waals surface area contributed by atoms with E-state index in [2.05, 4.69) is 42.2 Å². The predicted molar refractivity (Wildman–Crippen MR) is 52.5 cm³/mol. The van der Waals surface area contributed by atoms with Crippen LogP contribution in [-0.4, -0.2) is 12.6 Å². The lowest BCUT2D eigenvalue weighted by Gasteiger charge is -2.42. The highest BCUT2D eigenvalue weighted by Gasteiger charge is 2.25. The minimum atomic E-state index is 0.799. The normalized spacial score (nSPS) is 22.1. The molecule has 12 heavy (non-hydrogen) atoms. The molecule has 0 N–H and O–H groups in total. The van der Waals surface area contributed by atoms with Crippen LogP contribution in [0.3, 0.4) is 0 Å². The topological polar surface area (TPSA) is 3.24 Å². The van der Waals surface area contributed by atoms with Crippen LogP contribution in [0.4, 0.5) is 5.69 Å². The minimum Gasteiger partial charge on any atom is -0.368 e. The van der Waals surface area contributed by atoms with Crippen molar-refractivity contribution in [1.82, 2.24) is 0 Å². The monoisotopic (exact) mass is 161 g/mol. The highest BCUT2D eigenvalue weighted by molar-refractivity contribution is 5.49. The Morgan fingerprint density at radius 1 is 1.33 bits per heavy atom. The van der Waals surface area contributed by atoms with Crippen LogP contribution >= 0.6 is 0 Å². The van der Waals surface area contributed by atoms with Gasteiger partial charge in [0.2, 0.25) is 0 Å². The Bertz CT molecular complexity index is 240. The summed E-state index contributed by atoms with van der Waals surface area (Å²) in [4.78, 5) is 2.49. The summed E-state index contributed by atoms with van der Waals surface area (Å²) in [7, 11) is 0. The smallest absolute Gasteiger partial charge is 0.0368 e. The number of nitrogens with zero attached hydrogens (tertiary/aromatic N) is 1. The largest absolute Gasteiger partial charge is 0.368 e. The Labute approximate surface area is 74.0 Å². The van der Waals surface area contributed by atoms with Crippen molar-refractivity contribution in [2.75, 3.05) is 11.4 Å². The Hall–Kier alpha value is -0.980. The molecule has 0 aliphatic carbocycles. The zero-order valence-corrected chi connectivity index (χ0v) is 7.53. The first-order chi connectivity index (χ1) is 5.92. The summed E-state index contributed by atoms with van der Waals surface area (Å²) < 4.78 is 0. The first kappa shape index (κ1) is 7.66. The lowest BCUT2D eigenvalue weighted by atomic mass is 9.99. The van der Waals surface area contributed by atoms with Gasteiger partial charge in [0.25, 0.3) is 0 Å². The minimum absolute atomic E-state index is 0.799. The molecule has 0 radical (unpaired) electrons. The van der Waals surface area contributed by atoms with Gasteiger partial charge in [-0.3, -0.25) is 0 Å². The van der Waals surface area contributed by atoms with Crippen molar-refractivity contribution in [2.45, 2.75) is 25.8 Å². The van der Waals surface area contributed by atoms with Gasteiger partial charge in [-0.1, -0.05) is 25.1 Å². The summed E-state index contributed by atoms with van der Waals surface area (Å²) in [5.74, 6) is 0. The summed E-state index contributed by atoms with van der Waals surface area (Å²) in [6.45, 7) is 3.50. The highest BCUT2D eigenvalue weighted by atomic mass is 15.2. The van der Waals surface area contributed by atoms with Gasteiger partial charge in [-0.2, -0.15) is 0 Å². The van der Waals surface area contributed by atoms with Gasteiger partial charge in [0.05, 0.1) is 0 Å². The van der Waals surface area contributed by atoms with Gasteiger partial charge in [0, 0.05) is 18.3 Å². The van der Waals surface area contributed by atoms with Crippen molar-refractivity contribution < 1.29 is 0 Å². The SMILES string of the molecule is CCC1CCN1c1ccccc1. The van der Waals surface area contributed by atoms with E-state index in [9.17, 15) is 0 Å². The van der Waals surface area contributed by atoms with Crippen molar-refractivity contribution in [3.8, 4) is 0 Å². The van der Waals surface area contributed by atoms with Crippen LogP contribution in [0.15, 0.2) is 30.3 Å². The number of para-hydroxylation sites is 1. The van der Waals surface area contributed by atoms with Gasteiger partial charge in [-0.25, -0.2) is 0 Å². The van der Waals surface area contributed by atoms with E-state index in [0.717, 1.165) is 6.04 Å². The van der Waals surface area contributed by atoms with Crippen molar-refractivity contribution in [3.05, 3.63) is 30.3 Å². The summed E-state index contributed by atoms with van der Waals surface area (Å²) in [6.07, 6.45) is 2.64. The quantitative estimate of drug-likeness (QED) is 0.644. The molecule has 0 bridgehead atoms. The fourth-order valence-corrected chi connectivity index (χ4v) is 1.82. The molecule has 1 heteroatoms. The van der Waals surface area contributed by atoms with Gasteiger partial charge in [-0.05, 0) is 25.0 Å². The molecular formula is C11H15N. The van der Waals surface area contributed by atoms with Crippen LogP contribution in [0.5, 0.6) is 0 Å². The number of hydrogen-bond acceptors (Lipinski definition) is 1. The maximum atomic E-state index is 2.49. The Morgan fingerprint density at radius 2 is 2.08 bits per heavy atom. The molecule has 0 saturated carbocycles. The highest BCUT2D eigenvalue weighted by Crippen LogP contribution is 2.27. The van der Waals surface area contributed by atoms with E-state index in [0.29, 0.717) is 0 Å². The van der Waals surface area contributed by atoms with Crippen LogP contribution in [-0.2, 0) is 0 Å². The second-order valence-corrected chi connectivity index (χ2v) is 3.38. The van der Waals surface area contributed by atoms with Crippen LogP contribution < -0.4 is 4.90 Å². The summed E-state index contributed by atoms with van der Waals surface area (Å²) in [6, 6.07) is 11.5. The fraction of sp³-hybridized carbons (Fsp3) is 0.455. The van der Waals surface area contributed by atoms with Crippen LogP contribution in [0.1, 0.15) is 19.8 Å². The van der Waals surface area contributed by atoms with Crippen LogP contribution in [0.25, 0.3) is 0 Å². The fourth-order valence-electron chi connectivity index (χ4n) is 1.82. The molecule has 1 saturated heterocycles. The Balaban J connectivity index is 2.11. The van der Waals surface area contributed by atoms with Gasteiger partial charge < -0.3 is 4.90 Å². The van der Waals surface area contributed by atoms with Gasteiger partial charge in [0.15, 0.2) is 0 Å². The maximum absolute atomic E-state index is 2.49. The van der Waals surface area contributed by atoms with E-state index in [1.807, 2.05) is 0 Å². The van der Waals surface area contributed by atoms with Crippen molar-refractivity contribution in [2.24, 2.45) is 0 Å². The Morgan fingerprint density at radius 3 is 2.58 bits per heavy atom. The molecular weight excluding hydrogens is 146 g/mol. The van der Waals surface area contributed by atoms with Crippen LogP contribution in [0.2, 0.25) is 0 Å². The molecule has 64 valence electrons. The van der Waals surface area contributed by atoms with Crippen molar-refractivity contribution >= 4 is 5.69 Å². The standard InChI is InChI=1S/C11H15N/c1-2-10-8-9-12(10)11-6-4-3-5-7-11/h3-7,10H,2,8-9H2,1H3. The maximum Gasteiger partial charge on any atom is 0.0368 e. The van der Waals surface area contributed by atoms with Gasteiger partial charge >= 0.3 is 0 Å². The predicted octanol–water partition coefficient (Wildman–Crippen LogP) is 2.68. The molecule has 1 unspecified atom stereocenters. The van der Waals surface area contributed by atoms with Gasteiger partial charge in [-0.15, -0.1) is 0 Å². The molecule has 1 fully saturated rings. The molecule has 1 atom stereocenters. The molecule has 0 aromatic heterocycles. The lowest BCUT2D eigenvalue weighted by molar-refractivity contribution is 0.437. The van der Waals surface area contributed by atoms with Crippen molar-refractivity contribution in [1.29, 1.82) is 0 Å². The van der Waals surface area contributed by atoms with Crippen molar-refractivity contribution in [3.63, 3.8) is 0 Å². The molecule has 1 aliphatic rings. The molecule has 1 aliphatic heterocycles. The summed E-state index contributed by atoms with van der Waals surface area (Å²) >= 11 is 0. The second-order valence-electron chi connectivity index (χ2n) is 3.38. The molecule has 1 aromatic rings. The average molecular weight is 161 g/mol. The van der Waals surface area contributed by atoms with E-state index in [1.54, 1.807) is 0 Å². The van der Waals surface area contributed by atoms with Crippen LogP contribution in [0, 0.1) is 0 Å². The lowest BCUT2D eigenvalue weighted by Crippen LogP contribution is -2.47. The third-order valence-corrected chi connectivity index (χ3v) is 2.70. The molecule has 1 aromatic carbocycles. The average Bonchev–Trinajstić information content (AvgIpc) is 2.05. The molecule has 2 rings (SSSR count). The van der Waals surface area contributed by atoms with E-state index in [-0.39, 0.29) is 0 Å². The zero-order chi connectivity index (χ0) is 8.39. The third-order valence-electron chi connectivity index (χ3n) is 2.70. The van der Waals surface area contributed by atoms with E-state index >= 15 is 0 Å². The number of anilines is 1. The zero-order valence-electron chi connectivity index (χ0n) is 7.53. The van der Waals surface area contributed by atoms with Gasteiger partial charge in [0.1, 0.15) is 0 Å². The van der Waals surface area contributed by atoms with E-state index in [4.69, 9.17) is 0 Å². The second kappa shape index (κ2) is 3.18. The molecule has 1 heterocycles. The van der Waals surface area contributed by atoms with E-state index in [1.165, 1.54) is 25.1 Å². The molecule has 0 spiro atoms. The van der Waals surface area contributed by atoms with E-state index < -0.39 is 0 Å².